The lowest BCUT2D eigenvalue weighted by Crippen LogP contribution is -2.29. The fourth-order valence-electron chi connectivity index (χ4n) is 1.44. The Kier molecular flexibility index (Phi) is 5.97. The first kappa shape index (κ1) is 16.9. The van der Waals surface area contributed by atoms with Gasteiger partial charge in [0.1, 0.15) is 10.7 Å². The summed E-state index contributed by atoms with van der Waals surface area (Å²) in [5.41, 5.74) is 0.553. The van der Waals surface area contributed by atoms with Crippen molar-refractivity contribution in [2.24, 2.45) is 0 Å². The van der Waals surface area contributed by atoms with Crippen LogP contribution in [0, 0.1) is 5.82 Å². The number of alkyl halides is 2. The largest absolute Gasteiger partial charge is 0.310 e. The van der Waals surface area contributed by atoms with E-state index in [1.165, 1.54) is 6.07 Å². The van der Waals surface area contributed by atoms with Crippen LogP contribution in [0.4, 0.5) is 13.2 Å². The van der Waals surface area contributed by atoms with Crippen molar-refractivity contribution < 1.29 is 21.6 Å². The van der Waals surface area contributed by atoms with Gasteiger partial charge >= 0.3 is 0 Å². The van der Waals surface area contributed by atoms with Crippen LogP contribution in [0.25, 0.3) is 0 Å². The van der Waals surface area contributed by atoms with Crippen molar-refractivity contribution in [3.05, 3.63) is 29.6 Å². The van der Waals surface area contributed by atoms with Gasteiger partial charge in [0.2, 0.25) is 10.0 Å². The van der Waals surface area contributed by atoms with E-state index in [0.29, 0.717) is 12.1 Å². The van der Waals surface area contributed by atoms with Crippen molar-refractivity contribution in [3.8, 4) is 0 Å². The smallest absolute Gasteiger partial charge is 0.251 e. The van der Waals surface area contributed by atoms with Gasteiger partial charge in [0.05, 0.1) is 6.54 Å². The Balaban J connectivity index is 2.95. The van der Waals surface area contributed by atoms with E-state index in [1.54, 1.807) is 4.72 Å². The van der Waals surface area contributed by atoms with Gasteiger partial charge in [0, 0.05) is 12.6 Å². The monoisotopic (exact) mass is 310 g/mol. The second kappa shape index (κ2) is 7.05. The Morgan fingerprint density at radius 2 is 1.90 bits per heavy atom. The summed E-state index contributed by atoms with van der Waals surface area (Å²) in [6, 6.07) is 3.76. The summed E-state index contributed by atoms with van der Waals surface area (Å²) in [7, 11) is -4.28. The summed E-state index contributed by atoms with van der Waals surface area (Å²) in [5, 5.41) is 3.05. The fourth-order valence-corrected chi connectivity index (χ4v) is 2.57. The van der Waals surface area contributed by atoms with Crippen LogP contribution in [0.15, 0.2) is 23.1 Å². The molecule has 0 unspecified atom stereocenters. The molecule has 1 aromatic carbocycles. The van der Waals surface area contributed by atoms with E-state index in [0.717, 1.165) is 12.1 Å². The van der Waals surface area contributed by atoms with E-state index in [4.69, 9.17) is 0 Å². The average Bonchev–Trinajstić information content (AvgIpc) is 2.35. The zero-order valence-corrected chi connectivity index (χ0v) is 12.0. The second-order valence-corrected chi connectivity index (χ2v) is 6.28. The molecule has 0 aromatic heterocycles. The molecule has 0 saturated heterocycles. The number of halogens is 3. The lowest BCUT2D eigenvalue weighted by atomic mass is 10.2. The molecule has 0 bridgehead atoms. The Morgan fingerprint density at radius 3 is 2.45 bits per heavy atom. The molecule has 0 aliphatic carbocycles. The molecule has 4 nitrogen and oxygen atoms in total. The molecule has 8 heteroatoms. The van der Waals surface area contributed by atoms with Gasteiger partial charge < -0.3 is 5.32 Å². The molecule has 0 heterocycles. The zero-order valence-electron chi connectivity index (χ0n) is 11.2. The molecule has 1 aromatic rings. The molecule has 114 valence electrons. The highest BCUT2D eigenvalue weighted by Crippen LogP contribution is 2.16. The normalized spacial score (nSPS) is 12.3. The highest BCUT2D eigenvalue weighted by Gasteiger charge is 2.20. The molecule has 0 aliphatic heterocycles. The number of nitrogens with one attached hydrogen (secondary N) is 2. The molecule has 20 heavy (non-hydrogen) atoms. The molecule has 2 N–H and O–H groups in total. The highest BCUT2D eigenvalue weighted by molar-refractivity contribution is 7.89. The first-order valence-electron chi connectivity index (χ1n) is 6.02. The Bertz CT molecular complexity index is 548. The van der Waals surface area contributed by atoms with Crippen molar-refractivity contribution >= 4 is 10.0 Å². The van der Waals surface area contributed by atoms with E-state index in [9.17, 15) is 21.6 Å². The SMILES string of the molecule is CC(C)NCc1ccc(F)c(S(=O)(=O)NCC(F)F)c1. The molecule has 0 amide bonds. The standard InChI is InChI=1S/C12H17F3N2O2S/c1-8(2)16-6-9-3-4-10(13)11(5-9)20(18,19)17-7-12(14)15/h3-5,8,12,16-17H,6-7H2,1-2H3. The lowest BCUT2D eigenvalue weighted by Gasteiger charge is -2.11. The van der Waals surface area contributed by atoms with Gasteiger partial charge in [0.15, 0.2) is 0 Å². The number of hydrogen-bond donors (Lipinski definition) is 2. The number of rotatable bonds is 7. The average molecular weight is 310 g/mol. The highest BCUT2D eigenvalue weighted by atomic mass is 32.2. The minimum Gasteiger partial charge on any atom is -0.310 e. The third kappa shape index (κ3) is 5.10. The van der Waals surface area contributed by atoms with E-state index < -0.39 is 33.7 Å². The first-order chi connectivity index (χ1) is 9.22. The topological polar surface area (TPSA) is 58.2 Å². The maximum absolute atomic E-state index is 13.6. The van der Waals surface area contributed by atoms with Crippen LogP contribution in [0.5, 0.6) is 0 Å². The van der Waals surface area contributed by atoms with Gasteiger partial charge in [-0.05, 0) is 17.7 Å². The number of benzene rings is 1. The summed E-state index contributed by atoms with van der Waals surface area (Å²) in [4.78, 5) is -0.624. The Labute approximate surface area is 116 Å². The maximum atomic E-state index is 13.6. The molecule has 0 saturated carbocycles. The number of sulfonamides is 1. The van der Waals surface area contributed by atoms with Crippen LogP contribution in [0.2, 0.25) is 0 Å². The second-order valence-electron chi connectivity index (χ2n) is 4.54. The summed E-state index contributed by atoms with van der Waals surface area (Å²) >= 11 is 0. The maximum Gasteiger partial charge on any atom is 0.251 e. The van der Waals surface area contributed by atoms with E-state index in [2.05, 4.69) is 5.32 Å². The summed E-state index contributed by atoms with van der Waals surface area (Å²) in [6.07, 6.45) is -2.83. The Morgan fingerprint density at radius 1 is 1.25 bits per heavy atom. The molecular formula is C12H17F3N2O2S. The third-order valence-electron chi connectivity index (χ3n) is 2.43. The Hall–Kier alpha value is -1.12. The molecule has 0 atom stereocenters. The number of hydrogen-bond acceptors (Lipinski definition) is 3. The van der Waals surface area contributed by atoms with Gasteiger partial charge in [-0.3, -0.25) is 0 Å². The van der Waals surface area contributed by atoms with E-state index >= 15 is 0 Å². The van der Waals surface area contributed by atoms with Crippen molar-refractivity contribution in [1.29, 1.82) is 0 Å². The summed E-state index contributed by atoms with van der Waals surface area (Å²) in [6.45, 7) is 3.13. The van der Waals surface area contributed by atoms with Crippen LogP contribution in [0.1, 0.15) is 19.4 Å². The van der Waals surface area contributed by atoms with E-state index in [-0.39, 0.29) is 6.04 Å². The zero-order chi connectivity index (χ0) is 15.3. The predicted molar refractivity (Wildman–Crippen MR) is 69.6 cm³/mol. The van der Waals surface area contributed by atoms with Crippen LogP contribution in [-0.2, 0) is 16.6 Å². The van der Waals surface area contributed by atoms with Crippen molar-refractivity contribution in [2.75, 3.05) is 6.54 Å². The molecule has 0 fully saturated rings. The summed E-state index contributed by atoms with van der Waals surface area (Å²) in [5.74, 6) is -0.972. The molecule has 0 aliphatic rings. The van der Waals surface area contributed by atoms with Crippen molar-refractivity contribution in [2.45, 2.75) is 37.8 Å². The van der Waals surface area contributed by atoms with Gasteiger partial charge in [-0.15, -0.1) is 0 Å². The van der Waals surface area contributed by atoms with Crippen LogP contribution in [0.3, 0.4) is 0 Å². The minimum atomic E-state index is -4.28. The first-order valence-corrected chi connectivity index (χ1v) is 7.50. The van der Waals surface area contributed by atoms with E-state index in [1.807, 2.05) is 13.8 Å². The van der Waals surface area contributed by atoms with Crippen LogP contribution >= 0.6 is 0 Å². The van der Waals surface area contributed by atoms with Crippen molar-refractivity contribution in [1.82, 2.24) is 10.0 Å². The lowest BCUT2D eigenvalue weighted by molar-refractivity contribution is 0.153. The van der Waals surface area contributed by atoms with Gasteiger partial charge in [-0.25, -0.2) is 26.3 Å². The minimum absolute atomic E-state index is 0.178. The van der Waals surface area contributed by atoms with Gasteiger partial charge in [-0.1, -0.05) is 19.9 Å². The fraction of sp³-hybridized carbons (Fsp3) is 0.500. The van der Waals surface area contributed by atoms with Crippen molar-refractivity contribution in [3.63, 3.8) is 0 Å². The molecule has 1 rings (SSSR count). The molecular weight excluding hydrogens is 293 g/mol. The summed E-state index contributed by atoms with van der Waals surface area (Å²) < 4.78 is 62.8. The van der Waals surface area contributed by atoms with Crippen LogP contribution in [-0.4, -0.2) is 27.4 Å². The molecule has 0 spiro atoms. The molecule has 0 radical (unpaired) electrons. The van der Waals surface area contributed by atoms with Crippen LogP contribution < -0.4 is 10.0 Å². The van der Waals surface area contributed by atoms with Gasteiger partial charge in [0.25, 0.3) is 6.43 Å². The predicted octanol–water partition coefficient (Wildman–Crippen LogP) is 1.87. The third-order valence-corrected chi connectivity index (χ3v) is 3.87. The quantitative estimate of drug-likeness (QED) is 0.808. The van der Waals surface area contributed by atoms with Gasteiger partial charge in [-0.2, -0.15) is 0 Å².